The van der Waals surface area contributed by atoms with E-state index in [1.807, 2.05) is 22.8 Å². The Kier molecular flexibility index (Phi) is 3.03. The van der Waals surface area contributed by atoms with Gasteiger partial charge in [-0.3, -0.25) is 0 Å². The second-order valence-electron chi connectivity index (χ2n) is 4.91. The average Bonchev–Trinajstić information content (AvgIpc) is 2.99. The maximum atomic E-state index is 5.59. The molecule has 0 radical (unpaired) electrons. The largest absolute Gasteiger partial charge is 0.486 e. The van der Waals surface area contributed by atoms with E-state index in [2.05, 4.69) is 27.2 Å². The Labute approximate surface area is 126 Å². The summed E-state index contributed by atoms with van der Waals surface area (Å²) in [5, 5.41) is 3.27. The molecule has 0 unspecified atom stereocenters. The highest BCUT2D eigenvalue weighted by molar-refractivity contribution is 5.85. The first-order valence-corrected chi connectivity index (χ1v) is 7.17. The molecule has 0 atom stereocenters. The third-order valence-electron chi connectivity index (χ3n) is 3.55. The Hall–Kier alpha value is -2.83. The molecule has 2 aromatic heterocycles. The molecule has 0 bridgehead atoms. The number of anilines is 2. The van der Waals surface area contributed by atoms with Crippen molar-refractivity contribution in [3.63, 3.8) is 0 Å². The molecule has 3 aromatic rings. The van der Waals surface area contributed by atoms with Gasteiger partial charge in [0.05, 0.1) is 6.33 Å². The van der Waals surface area contributed by atoms with Crippen LogP contribution in [0.15, 0.2) is 30.9 Å². The molecule has 1 aromatic carbocycles. The van der Waals surface area contributed by atoms with Crippen LogP contribution in [0.1, 0.15) is 6.92 Å². The number of nitrogens with zero attached hydrogens (tertiary/aromatic N) is 4. The topological polar surface area (TPSA) is 74.1 Å². The van der Waals surface area contributed by atoms with Crippen LogP contribution in [-0.2, 0) is 6.54 Å². The van der Waals surface area contributed by atoms with Crippen molar-refractivity contribution in [1.29, 1.82) is 0 Å². The molecule has 0 saturated carbocycles. The molecule has 1 aliphatic heterocycles. The molecule has 22 heavy (non-hydrogen) atoms. The van der Waals surface area contributed by atoms with E-state index >= 15 is 0 Å². The van der Waals surface area contributed by atoms with Crippen molar-refractivity contribution in [2.45, 2.75) is 13.5 Å². The molecule has 7 heteroatoms. The second-order valence-corrected chi connectivity index (χ2v) is 4.91. The minimum atomic E-state index is 0.565. The molecule has 0 aliphatic carbocycles. The first kappa shape index (κ1) is 12.9. The van der Waals surface area contributed by atoms with Gasteiger partial charge in [-0.15, -0.1) is 0 Å². The Bertz CT molecular complexity index is 830. The van der Waals surface area contributed by atoms with Crippen LogP contribution >= 0.6 is 0 Å². The third-order valence-corrected chi connectivity index (χ3v) is 3.55. The summed E-state index contributed by atoms with van der Waals surface area (Å²) >= 11 is 0. The Balaban J connectivity index is 1.70. The van der Waals surface area contributed by atoms with Gasteiger partial charge >= 0.3 is 0 Å². The van der Waals surface area contributed by atoms with Gasteiger partial charge in [-0.05, 0) is 19.1 Å². The molecule has 0 amide bonds. The molecule has 7 nitrogen and oxygen atoms in total. The Morgan fingerprint density at radius 1 is 1.14 bits per heavy atom. The average molecular weight is 297 g/mol. The molecule has 0 spiro atoms. The van der Waals surface area contributed by atoms with Crippen molar-refractivity contribution >= 4 is 22.7 Å². The van der Waals surface area contributed by atoms with Gasteiger partial charge in [0.1, 0.15) is 19.5 Å². The minimum absolute atomic E-state index is 0.565. The molecule has 1 aliphatic rings. The number of imidazole rings is 1. The lowest BCUT2D eigenvalue weighted by Crippen LogP contribution is -2.15. The van der Waals surface area contributed by atoms with Crippen molar-refractivity contribution in [2.24, 2.45) is 0 Å². The van der Waals surface area contributed by atoms with Crippen LogP contribution in [0, 0.1) is 0 Å². The SMILES string of the molecule is CCn1cnc2c(Nc3ccc4c(c3)OCCO4)ncnc21. The fourth-order valence-electron chi connectivity index (χ4n) is 2.46. The summed E-state index contributed by atoms with van der Waals surface area (Å²) in [5.41, 5.74) is 2.44. The number of benzene rings is 1. The maximum absolute atomic E-state index is 5.59. The van der Waals surface area contributed by atoms with E-state index in [1.54, 1.807) is 6.33 Å². The van der Waals surface area contributed by atoms with E-state index in [4.69, 9.17) is 9.47 Å². The number of ether oxygens (including phenoxy) is 2. The third kappa shape index (κ3) is 2.11. The molecular weight excluding hydrogens is 282 g/mol. The number of aromatic nitrogens is 4. The number of aryl methyl sites for hydroxylation is 1. The molecule has 3 heterocycles. The summed E-state index contributed by atoms with van der Waals surface area (Å²) in [6, 6.07) is 5.72. The fraction of sp³-hybridized carbons (Fsp3) is 0.267. The van der Waals surface area contributed by atoms with Gasteiger partial charge in [-0.2, -0.15) is 0 Å². The van der Waals surface area contributed by atoms with Crippen LogP contribution in [0.2, 0.25) is 0 Å². The van der Waals surface area contributed by atoms with Crippen LogP contribution in [0.4, 0.5) is 11.5 Å². The predicted octanol–water partition coefficient (Wildman–Crippen LogP) is 2.36. The van der Waals surface area contributed by atoms with Crippen LogP contribution in [-0.4, -0.2) is 32.7 Å². The molecule has 112 valence electrons. The highest BCUT2D eigenvalue weighted by Gasteiger charge is 2.13. The predicted molar refractivity (Wildman–Crippen MR) is 81.7 cm³/mol. The molecule has 0 fully saturated rings. The number of hydrogen-bond donors (Lipinski definition) is 1. The van der Waals surface area contributed by atoms with E-state index < -0.39 is 0 Å². The van der Waals surface area contributed by atoms with Gasteiger partial charge in [0.15, 0.2) is 28.5 Å². The normalized spacial score (nSPS) is 13.3. The van der Waals surface area contributed by atoms with Crippen molar-refractivity contribution < 1.29 is 9.47 Å². The van der Waals surface area contributed by atoms with Gasteiger partial charge < -0.3 is 19.4 Å². The standard InChI is InChI=1S/C15H15N5O2/c1-2-20-9-18-13-14(16-8-17-15(13)20)19-10-3-4-11-12(7-10)22-6-5-21-11/h3-4,7-9H,2,5-6H2,1H3,(H,16,17,19). The van der Waals surface area contributed by atoms with Crippen LogP contribution in [0.25, 0.3) is 11.2 Å². The summed E-state index contributed by atoms with van der Waals surface area (Å²) in [5.74, 6) is 2.18. The van der Waals surface area contributed by atoms with Gasteiger partial charge in [-0.1, -0.05) is 0 Å². The van der Waals surface area contributed by atoms with Crippen LogP contribution < -0.4 is 14.8 Å². The van der Waals surface area contributed by atoms with Crippen molar-refractivity contribution in [1.82, 2.24) is 19.5 Å². The first-order chi connectivity index (χ1) is 10.8. The van der Waals surface area contributed by atoms with E-state index in [1.165, 1.54) is 6.33 Å². The summed E-state index contributed by atoms with van der Waals surface area (Å²) < 4.78 is 13.1. The van der Waals surface area contributed by atoms with Crippen molar-refractivity contribution in [2.75, 3.05) is 18.5 Å². The van der Waals surface area contributed by atoms with Crippen molar-refractivity contribution in [3.8, 4) is 11.5 Å². The highest BCUT2D eigenvalue weighted by atomic mass is 16.6. The summed E-state index contributed by atoms with van der Waals surface area (Å²) in [4.78, 5) is 13.0. The molecule has 1 N–H and O–H groups in total. The summed E-state index contributed by atoms with van der Waals surface area (Å²) in [7, 11) is 0. The zero-order chi connectivity index (χ0) is 14.9. The van der Waals surface area contributed by atoms with Crippen LogP contribution in [0.5, 0.6) is 11.5 Å². The zero-order valence-corrected chi connectivity index (χ0v) is 12.1. The van der Waals surface area contributed by atoms with Gasteiger partial charge in [0, 0.05) is 18.3 Å². The molecule has 4 rings (SSSR count). The Morgan fingerprint density at radius 2 is 2.00 bits per heavy atom. The van der Waals surface area contributed by atoms with E-state index in [9.17, 15) is 0 Å². The lowest BCUT2D eigenvalue weighted by molar-refractivity contribution is 0.171. The smallest absolute Gasteiger partial charge is 0.165 e. The van der Waals surface area contributed by atoms with E-state index in [0.717, 1.165) is 34.9 Å². The number of hydrogen-bond acceptors (Lipinski definition) is 6. The van der Waals surface area contributed by atoms with Crippen molar-refractivity contribution in [3.05, 3.63) is 30.9 Å². The maximum Gasteiger partial charge on any atom is 0.165 e. The monoisotopic (exact) mass is 297 g/mol. The first-order valence-electron chi connectivity index (χ1n) is 7.17. The Morgan fingerprint density at radius 3 is 2.86 bits per heavy atom. The number of rotatable bonds is 3. The van der Waals surface area contributed by atoms with Gasteiger partial charge in [0.2, 0.25) is 0 Å². The van der Waals surface area contributed by atoms with Gasteiger partial charge in [0.25, 0.3) is 0 Å². The summed E-state index contributed by atoms with van der Waals surface area (Å²) in [6.07, 6.45) is 3.31. The lowest BCUT2D eigenvalue weighted by atomic mass is 10.2. The lowest BCUT2D eigenvalue weighted by Gasteiger charge is -2.19. The highest BCUT2D eigenvalue weighted by Crippen LogP contribution is 2.33. The van der Waals surface area contributed by atoms with E-state index in [-0.39, 0.29) is 0 Å². The summed E-state index contributed by atoms with van der Waals surface area (Å²) in [6.45, 7) is 4.02. The quantitative estimate of drug-likeness (QED) is 0.800. The minimum Gasteiger partial charge on any atom is -0.486 e. The molecule has 0 saturated heterocycles. The molecular formula is C15H15N5O2. The number of nitrogens with one attached hydrogen (secondary N) is 1. The second kappa shape index (κ2) is 5.18. The zero-order valence-electron chi connectivity index (χ0n) is 12.1. The fourth-order valence-corrected chi connectivity index (χ4v) is 2.46. The van der Waals surface area contributed by atoms with E-state index in [0.29, 0.717) is 19.0 Å². The van der Waals surface area contributed by atoms with Gasteiger partial charge in [-0.25, -0.2) is 15.0 Å². The van der Waals surface area contributed by atoms with Crippen LogP contribution in [0.3, 0.4) is 0 Å². The number of fused-ring (bicyclic) bond motifs is 2.